The standard InChI is InChI=1S/C16H13BrN4O2/c1-9-6-11(17)3-5-13(9)20-16(23)15(22)19-12-4-2-10-8-18-21-14(10)7-12/h2-8H,1H3,(H,18,21)(H,19,22)(H,20,23). The summed E-state index contributed by atoms with van der Waals surface area (Å²) in [5.41, 5.74) is 2.76. The van der Waals surface area contributed by atoms with Gasteiger partial charge in [-0.05, 0) is 48.9 Å². The first-order valence-corrected chi connectivity index (χ1v) is 7.64. The molecule has 116 valence electrons. The third-order valence-electron chi connectivity index (χ3n) is 3.34. The number of aryl methyl sites for hydroxylation is 1. The van der Waals surface area contributed by atoms with Crippen molar-refractivity contribution in [1.29, 1.82) is 0 Å². The molecular formula is C16H13BrN4O2. The lowest BCUT2D eigenvalue weighted by Gasteiger charge is -2.09. The van der Waals surface area contributed by atoms with Crippen LogP contribution in [0.15, 0.2) is 47.1 Å². The van der Waals surface area contributed by atoms with E-state index in [1.54, 1.807) is 30.5 Å². The summed E-state index contributed by atoms with van der Waals surface area (Å²) in [7, 11) is 0. The number of benzene rings is 2. The number of carbonyl (C=O) groups excluding carboxylic acids is 2. The summed E-state index contributed by atoms with van der Waals surface area (Å²) in [6.07, 6.45) is 1.68. The van der Waals surface area contributed by atoms with Crippen molar-refractivity contribution in [3.05, 3.63) is 52.6 Å². The van der Waals surface area contributed by atoms with Gasteiger partial charge in [0.1, 0.15) is 0 Å². The Morgan fingerprint density at radius 2 is 1.87 bits per heavy atom. The maximum absolute atomic E-state index is 12.0. The van der Waals surface area contributed by atoms with Gasteiger partial charge in [-0.25, -0.2) is 0 Å². The van der Waals surface area contributed by atoms with E-state index in [4.69, 9.17) is 0 Å². The number of H-pyrrole nitrogens is 1. The number of amides is 2. The molecule has 2 amide bonds. The highest BCUT2D eigenvalue weighted by Crippen LogP contribution is 2.20. The molecule has 3 rings (SSSR count). The fourth-order valence-corrected chi connectivity index (χ4v) is 2.62. The molecule has 2 aromatic carbocycles. The van der Waals surface area contributed by atoms with Crippen molar-refractivity contribution >= 4 is 50.0 Å². The molecular weight excluding hydrogens is 360 g/mol. The average Bonchev–Trinajstić information content (AvgIpc) is 2.97. The van der Waals surface area contributed by atoms with Gasteiger partial charge >= 0.3 is 11.8 Å². The molecule has 6 nitrogen and oxygen atoms in total. The van der Waals surface area contributed by atoms with E-state index >= 15 is 0 Å². The zero-order valence-corrected chi connectivity index (χ0v) is 13.8. The van der Waals surface area contributed by atoms with Crippen LogP contribution < -0.4 is 10.6 Å². The van der Waals surface area contributed by atoms with E-state index in [1.807, 2.05) is 19.1 Å². The highest BCUT2D eigenvalue weighted by Gasteiger charge is 2.15. The zero-order chi connectivity index (χ0) is 16.4. The molecule has 1 aromatic heterocycles. The Kier molecular flexibility index (Phi) is 4.12. The smallest absolute Gasteiger partial charge is 0.314 e. The first-order valence-electron chi connectivity index (χ1n) is 6.84. The number of halogens is 1. The van der Waals surface area contributed by atoms with E-state index in [1.165, 1.54) is 0 Å². The lowest BCUT2D eigenvalue weighted by atomic mass is 10.2. The van der Waals surface area contributed by atoms with Gasteiger partial charge in [-0.15, -0.1) is 0 Å². The Balaban J connectivity index is 1.70. The molecule has 0 fully saturated rings. The largest absolute Gasteiger partial charge is 0.318 e. The minimum Gasteiger partial charge on any atom is -0.318 e. The van der Waals surface area contributed by atoms with Crippen molar-refractivity contribution in [2.75, 3.05) is 10.6 Å². The molecule has 7 heteroatoms. The average molecular weight is 373 g/mol. The van der Waals surface area contributed by atoms with Gasteiger partial charge in [0.25, 0.3) is 0 Å². The first-order chi connectivity index (χ1) is 11.0. The van der Waals surface area contributed by atoms with Gasteiger partial charge in [-0.2, -0.15) is 5.10 Å². The molecule has 0 aliphatic carbocycles. The van der Waals surface area contributed by atoms with Gasteiger partial charge in [-0.1, -0.05) is 15.9 Å². The molecule has 0 saturated heterocycles. The molecule has 0 unspecified atom stereocenters. The fraction of sp³-hybridized carbons (Fsp3) is 0.0625. The van der Waals surface area contributed by atoms with Crippen LogP contribution in [0.1, 0.15) is 5.56 Å². The molecule has 3 aromatic rings. The van der Waals surface area contributed by atoms with Crippen molar-refractivity contribution in [3.63, 3.8) is 0 Å². The quantitative estimate of drug-likeness (QED) is 0.603. The maximum atomic E-state index is 12.0. The molecule has 0 spiro atoms. The van der Waals surface area contributed by atoms with Gasteiger partial charge < -0.3 is 10.6 Å². The SMILES string of the molecule is Cc1cc(Br)ccc1NC(=O)C(=O)Nc1ccc2cn[nH]c2c1. The van der Waals surface area contributed by atoms with Crippen LogP contribution in [-0.2, 0) is 9.59 Å². The second kappa shape index (κ2) is 6.21. The van der Waals surface area contributed by atoms with Crippen molar-refractivity contribution in [2.45, 2.75) is 6.92 Å². The Morgan fingerprint density at radius 3 is 2.65 bits per heavy atom. The molecule has 0 atom stereocenters. The van der Waals surface area contributed by atoms with Crippen LogP contribution in [0.4, 0.5) is 11.4 Å². The Bertz CT molecular complexity index is 904. The topological polar surface area (TPSA) is 86.9 Å². The predicted octanol–water partition coefficient (Wildman–Crippen LogP) is 3.21. The molecule has 23 heavy (non-hydrogen) atoms. The number of hydrogen-bond acceptors (Lipinski definition) is 3. The second-order valence-electron chi connectivity index (χ2n) is 5.04. The Hall–Kier alpha value is -2.67. The minimum atomic E-state index is -0.730. The van der Waals surface area contributed by atoms with Crippen molar-refractivity contribution < 1.29 is 9.59 Å². The lowest BCUT2D eigenvalue weighted by Crippen LogP contribution is -2.29. The highest BCUT2D eigenvalue weighted by molar-refractivity contribution is 9.10. The number of rotatable bonds is 2. The molecule has 0 saturated carbocycles. The maximum Gasteiger partial charge on any atom is 0.314 e. The number of nitrogens with one attached hydrogen (secondary N) is 3. The van der Waals surface area contributed by atoms with Gasteiger partial charge in [0.2, 0.25) is 0 Å². The highest BCUT2D eigenvalue weighted by atomic mass is 79.9. The van der Waals surface area contributed by atoms with E-state index in [0.29, 0.717) is 11.4 Å². The van der Waals surface area contributed by atoms with Crippen molar-refractivity contribution in [1.82, 2.24) is 10.2 Å². The van der Waals surface area contributed by atoms with Crippen LogP contribution >= 0.6 is 15.9 Å². The van der Waals surface area contributed by atoms with Crippen molar-refractivity contribution in [2.24, 2.45) is 0 Å². The predicted molar refractivity (Wildman–Crippen MR) is 92.2 cm³/mol. The summed E-state index contributed by atoms with van der Waals surface area (Å²) in [5, 5.41) is 12.8. The van der Waals surface area contributed by atoms with Crippen LogP contribution in [0.2, 0.25) is 0 Å². The second-order valence-corrected chi connectivity index (χ2v) is 5.96. The van der Waals surface area contributed by atoms with Crippen LogP contribution in [0, 0.1) is 6.92 Å². The number of fused-ring (bicyclic) bond motifs is 1. The van der Waals surface area contributed by atoms with Crippen LogP contribution in [0.5, 0.6) is 0 Å². The summed E-state index contributed by atoms with van der Waals surface area (Å²) in [5.74, 6) is -1.45. The lowest BCUT2D eigenvalue weighted by molar-refractivity contribution is -0.133. The van der Waals surface area contributed by atoms with E-state index in [-0.39, 0.29) is 0 Å². The number of aromatic amines is 1. The normalized spacial score (nSPS) is 10.5. The zero-order valence-electron chi connectivity index (χ0n) is 12.2. The molecule has 0 radical (unpaired) electrons. The van der Waals surface area contributed by atoms with E-state index in [0.717, 1.165) is 20.9 Å². The fourth-order valence-electron chi connectivity index (χ4n) is 2.15. The molecule has 0 bridgehead atoms. The summed E-state index contributed by atoms with van der Waals surface area (Å²) in [4.78, 5) is 24.0. The Morgan fingerprint density at radius 1 is 1.09 bits per heavy atom. The first kappa shape index (κ1) is 15.2. The monoisotopic (exact) mass is 372 g/mol. The number of nitrogens with zero attached hydrogens (tertiary/aromatic N) is 1. The molecule has 3 N–H and O–H groups in total. The minimum absolute atomic E-state index is 0.523. The van der Waals surface area contributed by atoms with E-state index in [9.17, 15) is 9.59 Å². The van der Waals surface area contributed by atoms with Gasteiger partial charge in [0, 0.05) is 21.2 Å². The van der Waals surface area contributed by atoms with Gasteiger partial charge in [0.05, 0.1) is 11.7 Å². The number of carbonyl (C=O) groups is 2. The summed E-state index contributed by atoms with van der Waals surface area (Å²) < 4.78 is 0.908. The van der Waals surface area contributed by atoms with Crippen LogP contribution in [-0.4, -0.2) is 22.0 Å². The Labute approximate surface area is 140 Å². The third-order valence-corrected chi connectivity index (χ3v) is 3.84. The summed E-state index contributed by atoms with van der Waals surface area (Å²) in [6, 6.07) is 10.6. The summed E-state index contributed by atoms with van der Waals surface area (Å²) in [6.45, 7) is 1.85. The van der Waals surface area contributed by atoms with E-state index < -0.39 is 11.8 Å². The van der Waals surface area contributed by atoms with Crippen LogP contribution in [0.25, 0.3) is 10.9 Å². The number of hydrogen-bond donors (Lipinski definition) is 3. The van der Waals surface area contributed by atoms with Gasteiger partial charge in [-0.3, -0.25) is 14.7 Å². The van der Waals surface area contributed by atoms with Crippen molar-refractivity contribution in [3.8, 4) is 0 Å². The molecule has 0 aliphatic rings. The summed E-state index contributed by atoms with van der Waals surface area (Å²) >= 11 is 3.35. The molecule has 1 heterocycles. The van der Waals surface area contributed by atoms with Gasteiger partial charge in [0.15, 0.2) is 0 Å². The van der Waals surface area contributed by atoms with Crippen LogP contribution in [0.3, 0.4) is 0 Å². The third kappa shape index (κ3) is 3.40. The number of aromatic nitrogens is 2. The molecule has 0 aliphatic heterocycles. The van der Waals surface area contributed by atoms with E-state index in [2.05, 4.69) is 36.8 Å². The number of anilines is 2.